The average molecular weight is 218 g/mol. The molecule has 0 aliphatic rings. The van der Waals surface area contributed by atoms with E-state index in [1.54, 1.807) is 0 Å². The number of rotatable bonds is 2. The third kappa shape index (κ3) is 1.98. The SMILES string of the molecule is NS(=O)(=O)c1ccc([N+](=O)[O-])cc1O. The zero-order valence-electron chi connectivity index (χ0n) is 6.75. The van der Waals surface area contributed by atoms with Crippen LogP contribution < -0.4 is 5.14 Å². The van der Waals surface area contributed by atoms with Crippen molar-refractivity contribution in [2.24, 2.45) is 5.14 Å². The summed E-state index contributed by atoms with van der Waals surface area (Å²) in [5, 5.41) is 24.1. The van der Waals surface area contributed by atoms with Gasteiger partial charge in [0.2, 0.25) is 10.0 Å². The smallest absolute Gasteiger partial charge is 0.273 e. The van der Waals surface area contributed by atoms with E-state index >= 15 is 0 Å². The van der Waals surface area contributed by atoms with Crippen LogP contribution in [0.3, 0.4) is 0 Å². The Labute approximate surface area is 79.0 Å². The first kappa shape index (κ1) is 10.4. The van der Waals surface area contributed by atoms with Crippen LogP contribution in [0.5, 0.6) is 5.75 Å². The summed E-state index contributed by atoms with van der Waals surface area (Å²) in [5.74, 6) is -0.735. The maximum Gasteiger partial charge on any atom is 0.273 e. The lowest BCUT2D eigenvalue weighted by molar-refractivity contribution is -0.385. The van der Waals surface area contributed by atoms with Crippen molar-refractivity contribution < 1.29 is 18.4 Å². The molecule has 0 unspecified atom stereocenters. The number of sulfonamides is 1. The molecule has 1 aromatic carbocycles. The highest BCUT2D eigenvalue weighted by molar-refractivity contribution is 7.89. The van der Waals surface area contributed by atoms with E-state index in [1.807, 2.05) is 0 Å². The van der Waals surface area contributed by atoms with Crippen molar-refractivity contribution in [1.82, 2.24) is 0 Å². The molecular formula is C6H6N2O5S. The quantitative estimate of drug-likeness (QED) is 0.531. The van der Waals surface area contributed by atoms with E-state index < -0.39 is 31.3 Å². The van der Waals surface area contributed by atoms with E-state index in [4.69, 9.17) is 10.2 Å². The minimum atomic E-state index is -4.05. The summed E-state index contributed by atoms with van der Waals surface area (Å²) < 4.78 is 21.6. The predicted octanol–water partition coefficient (Wildman–Crippen LogP) is -0.0522. The van der Waals surface area contributed by atoms with Gasteiger partial charge >= 0.3 is 0 Å². The molecule has 3 N–H and O–H groups in total. The molecular weight excluding hydrogens is 212 g/mol. The maximum absolute atomic E-state index is 10.8. The van der Waals surface area contributed by atoms with E-state index in [0.29, 0.717) is 0 Å². The molecule has 0 amide bonds. The molecule has 76 valence electrons. The van der Waals surface area contributed by atoms with Gasteiger partial charge in [-0.05, 0) is 6.07 Å². The largest absolute Gasteiger partial charge is 0.506 e. The Balaban J connectivity index is 3.35. The Kier molecular flexibility index (Phi) is 2.41. The average Bonchev–Trinajstić information content (AvgIpc) is 2.01. The molecule has 0 fully saturated rings. The Morgan fingerprint density at radius 3 is 2.36 bits per heavy atom. The summed E-state index contributed by atoms with van der Waals surface area (Å²) in [7, 11) is -4.05. The van der Waals surface area contributed by atoms with Gasteiger partial charge in [-0.25, -0.2) is 13.6 Å². The molecule has 0 spiro atoms. The molecule has 0 heterocycles. The van der Waals surface area contributed by atoms with Crippen molar-refractivity contribution in [2.45, 2.75) is 4.90 Å². The summed E-state index contributed by atoms with van der Waals surface area (Å²) in [6, 6.07) is 2.54. The molecule has 0 saturated carbocycles. The van der Waals surface area contributed by atoms with Gasteiger partial charge in [-0.2, -0.15) is 0 Å². The molecule has 0 saturated heterocycles. The van der Waals surface area contributed by atoms with Gasteiger partial charge in [0, 0.05) is 6.07 Å². The maximum atomic E-state index is 10.8. The van der Waals surface area contributed by atoms with Crippen molar-refractivity contribution in [1.29, 1.82) is 0 Å². The van der Waals surface area contributed by atoms with Gasteiger partial charge in [0.25, 0.3) is 5.69 Å². The van der Waals surface area contributed by atoms with Gasteiger partial charge in [0.15, 0.2) is 0 Å². The first-order chi connectivity index (χ1) is 6.32. The molecule has 0 bridgehead atoms. The van der Waals surface area contributed by atoms with Crippen LogP contribution in [0, 0.1) is 10.1 Å². The second-order valence-corrected chi connectivity index (χ2v) is 3.98. The zero-order valence-corrected chi connectivity index (χ0v) is 7.56. The molecule has 0 radical (unpaired) electrons. The normalized spacial score (nSPS) is 11.2. The third-order valence-electron chi connectivity index (χ3n) is 1.46. The fourth-order valence-corrected chi connectivity index (χ4v) is 1.47. The Morgan fingerprint density at radius 2 is 2.00 bits per heavy atom. The number of benzene rings is 1. The molecule has 1 rings (SSSR count). The van der Waals surface area contributed by atoms with Crippen LogP contribution in [0.4, 0.5) is 5.69 Å². The van der Waals surface area contributed by atoms with Crippen molar-refractivity contribution in [3.8, 4) is 5.75 Å². The van der Waals surface area contributed by atoms with Crippen LogP contribution in [0.1, 0.15) is 0 Å². The van der Waals surface area contributed by atoms with Gasteiger partial charge in [0.1, 0.15) is 10.6 Å². The number of aromatic hydroxyl groups is 1. The Hall–Kier alpha value is -1.67. The van der Waals surface area contributed by atoms with Crippen molar-refractivity contribution in [3.63, 3.8) is 0 Å². The van der Waals surface area contributed by atoms with E-state index in [0.717, 1.165) is 18.2 Å². The molecule has 0 aliphatic heterocycles. The van der Waals surface area contributed by atoms with Crippen LogP contribution in [0.15, 0.2) is 23.1 Å². The highest BCUT2D eigenvalue weighted by Gasteiger charge is 2.17. The topological polar surface area (TPSA) is 124 Å². The van der Waals surface area contributed by atoms with E-state index in [-0.39, 0.29) is 0 Å². The number of phenolic OH excluding ortho intramolecular Hbond substituents is 1. The highest BCUT2D eigenvalue weighted by atomic mass is 32.2. The van der Waals surface area contributed by atoms with Crippen molar-refractivity contribution in [2.75, 3.05) is 0 Å². The van der Waals surface area contributed by atoms with Crippen LogP contribution in [0.25, 0.3) is 0 Å². The number of nitro benzene ring substituents is 1. The standard InChI is InChI=1S/C6H6N2O5S/c7-14(12,13)6-2-1-4(8(10)11)3-5(6)9/h1-3,9H,(H2,7,12,13). The van der Waals surface area contributed by atoms with E-state index in [2.05, 4.69) is 0 Å². The number of phenols is 1. The number of nitrogens with zero attached hydrogens (tertiary/aromatic N) is 1. The number of hydrogen-bond acceptors (Lipinski definition) is 5. The fraction of sp³-hybridized carbons (Fsp3) is 0. The predicted molar refractivity (Wildman–Crippen MR) is 46.1 cm³/mol. The van der Waals surface area contributed by atoms with Crippen LogP contribution >= 0.6 is 0 Å². The van der Waals surface area contributed by atoms with E-state index in [9.17, 15) is 18.5 Å². The number of primary sulfonamides is 1. The van der Waals surface area contributed by atoms with Gasteiger partial charge in [0.05, 0.1) is 11.0 Å². The lowest BCUT2D eigenvalue weighted by atomic mass is 10.3. The second-order valence-electron chi connectivity index (χ2n) is 2.45. The Bertz CT molecular complexity index is 481. The molecule has 14 heavy (non-hydrogen) atoms. The summed E-state index contributed by atoms with van der Waals surface area (Å²) in [4.78, 5) is 8.93. The number of nitro groups is 1. The van der Waals surface area contributed by atoms with Crippen LogP contribution in [0.2, 0.25) is 0 Å². The summed E-state index contributed by atoms with van der Waals surface area (Å²) in [6.45, 7) is 0. The first-order valence-electron chi connectivity index (χ1n) is 3.32. The van der Waals surface area contributed by atoms with Crippen molar-refractivity contribution in [3.05, 3.63) is 28.3 Å². The highest BCUT2D eigenvalue weighted by Crippen LogP contribution is 2.25. The lowest BCUT2D eigenvalue weighted by Gasteiger charge is -2.00. The van der Waals surface area contributed by atoms with Gasteiger partial charge in [-0.15, -0.1) is 0 Å². The van der Waals surface area contributed by atoms with Crippen LogP contribution in [-0.2, 0) is 10.0 Å². The number of hydrogen-bond donors (Lipinski definition) is 2. The third-order valence-corrected chi connectivity index (χ3v) is 2.42. The number of nitrogens with two attached hydrogens (primary N) is 1. The summed E-state index contributed by atoms with van der Waals surface area (Å²) in [5.41, 5.74) is -0.407. The monoisotopic (exact) mass is 218 g/mol. The Morgan fingerprint density at radius 1 is 1.43 bits per heavy atom. The van der Waals surface area contributed by atoms with Crippen molar-refractivity contribution >= 4 is 15.7 Å². The summed E-state index contributed by atoms with van der Waals surface area (Å²) in [6.07, 6.45) is 0. The van der Waals surface area contributed by atoms with Gasteiger partial charge in [-0.3, -0.25) is 10.1 Å². The van der Waals surface area contributed by atoms with E-state index in [1.165, 1.54) is 0 Å². The van der Waals surface area contributed by atoms with Gasteiger partial charge in [-0.1, -0.05) is 0 Å². The zero-order chi connectivity index (χ0) is 10.9. The molecule has 1 aromatic rings. The molecule has 0 aliphatic carbocycles. The molecule has 8 heteroatoms. The first-order valence-corrected chi connectivity index (χ1v) is 4.87. The fourth-order valence-electron chi connectivity index (χ4n) is 0.860. The lowest BCUT2D eigenvalue weighted by Crippen LogP contribution is -2.12. The van der Waals surface area contributed by atoms with Crippen LogP contribution in [-0.4, -0.2) is 18.4 Å². The summed E-state index contributed by atoms with van der Waals surface area (Å²) >= 11 is 0. The second kappa shape index (κ2) is 3.24. The molecule has 7 nitrogen and oxygen atoms in total. The number of non-ortho nitro benzene ring substituents is 1. The molecule has 0 atom stereocenters. The minimum absolute atomic E-state index is 0.407. The minimum Gasteiger partial charge on any atom is -0.506 e. The van der Waals surface area contributed by atoms with Gasteiger partial charge < -0.3 is 5.11 Å². The molecule has 0 aromatic heterocycles.